The first-order valence-electron chi connectivity index (χ1n) is 19.0. The number of alkyl carbamates (subject to hydrolysis) is 1. The third kappa shape index (κ3) is 8.88. The van der Waals surface area contributed by atoms with Gasteiger partial charge in [0, 0.05) is 30.9 Å². The van der Waals surface area contributed by atoms with Crippen LogP contribution in [0.4, 0.5) is 4.79 Å². The second-order valence-corrected chi connectivity index (χ2v) is 16.3. The summed E-state index contributed by atoms with van der Waals surface area (Å²) in [7, 11) is 5.25. The van der Waals surface area contributed by atoms with E-state index in [1.165, 1.54) is 7.11 Å². The lowest BCUT2D eigenvalue weighted by atomic mass is 9.70. The fourth-order valence-corrected chi connectivity index (χ4v) is 8.66. The van der Waals surface area contributed by atoms with E-state index in [-0.39, 0.29) is 37.2 Å². The summed E-state index contributed by atoms with van der Waals surface area (Å²) in [5.41, 5.74) is -3.39. The Balaban J connectivity index is 1.84. The van der Waals surface area contributed by atoms with Crippen molar-refractivity contribution in [2.75, 3.05) is 21.2 Å². The van der Waals surface area contributed by atoms with Gasteiger partial charge in [0.25, 0.3) is 0 Å². The molecule has 0 radical (unpaired) electrons. The van der Waals surface area contributed by atoms with Gasteiger partial charge in [0.2, 0.25) is 0 Å². The molecule has 0 spiro atoms. The van der Waals surface area contributed by atoms with E-state index in [1.54, 1.807) is 48.5 Å². The largest absolute Gasteiger partial charge is 0.457 e. The second-order valence-electron chi connectivity index (χ2n) is 16.3. The Labute approximate surface area is 315 Å². The number of likely N-dealkylation sites (N-methyl/N-ethyl adjacent to an activating group) is 1. The summed E-state index contributed by atoms with van der Waals surface area (Å²) in [6, 6.07) is 8.61. The maximum absolute atomic E-state index is 15.1. The van der Waals surface area contributed by atoms with E-state index in [0.717, 1.165) is 5.56 Å². The number of nitrogens with one attached hydrogen (secondary N) is 1. The fourth-order valence-electron chi connectivity index (χ4n) is 8.66. The van der Waals surface area contributed by atoms with E-state index in [4.69, 9.17) is 23.7 Å². The molecule has 296 valence electrons. The number of aliphatic hydroxyl groups is 1. The maximum Gasteiger partial charge on any atom is 0.408 e. The summed E-state index contributed by atoms with van der Waals surface area (Å²) >= 11 is 0. The van der Waals surface area contributed by atoms with Crippen LogP contribution in [0.2, 0.25) is 0 Å². The van der Waals surface area contributed by atoms with Crippen molar-refractivity contribution < 1.29 is 48.0 Å². The third-order valence-corrected chi connectivity index (χ3v) is 12.0. The number of allylic oxidation sites excluding steroid dienone is 1. The molecule has 1 aromatic rings. The van der Waals surface area contributed by atoms with Crippen LogP contribution in [0.25, 0.3) is 6.08 Å². The molecule has 0 aromatic heterocycles. The van der Waals surface area contributed by atoms with E-state index >= 15 is 4.79 Å². The molecule has 3 fully saturated rings. The minimum Gasteiger partial charge on any atom is -0.457 e. The molecule has 0 bridgehead atoms. The number of hydrogen-bond donors (Lipinski definition) is 2. The Morgan fingerprint density at radius 2 is 1.68 bits per heavy atom. The van der Waals surface area contributed by atoms with Crippen molar-refractivity contribution in [2.45, 2.75) is 141 Å². The molecule has 0 aliphatic carbocycles. The average Bonchev–Trinajstić information content (AvgIpc) is 3.44. The summed E-state index contributed by atoms with van der Waals surface area (Å²) in [4.78, 5) is 58.7. The molecular weight excluding hydrogens is 680 g/mol. The Kier molecular flexibility index (Phi) is 13.7. The van der Waals surface area contributed by atoms with Crippen molar-refractivity contribution in [3.05, 3.63) is 42.0 Å². The van der Waals surface area contributed by atoms with Gasteiger partial charge in [0.05, 0.1) is 23.9 Å². The van der Waals surface area contributed by atoms with Crippen molar-refractivity contribution in [3.63, 3.8) is 0 Å². The van der Waals surface area contributed by atoms with E-state index in [2.05, 4.69) is 5.32 Å². The number of fused-ring (bicyclic) bond motifs is 1. The zero-order chi connectivity index (χ0) is 39.5. The van der Waals surface area contributed by atoms with Crippen LogP contribution in [-0.4, -0.2) is 109 Å². The van der Waals surface area contributed by atoms with Gasteiger partial charge in [0.1, 0.15) is 23.4 Å². The normalized spacial score (nSPS) is 40.4. The number of rotatable bonds is 9. The molecule has 3 saturated heterocycles. The molecule has 12 nitrogen and oxygen atoms in total. The molecule has 3 aliphatic rings. The van der Waals surface area contributed by atoms with Crippen LogP contribution in [-0.2, 0) is 38.1 Å². The summed E-state index contributed by atoms with van der Waals surface area (Å²) in [5, 5.41) is 14.3. The molecular formula is C41H62N2O10. The Morgan fingerprint density at radius 3 is 2.28 bits per heavy atom. The van der Waals surface area contributed by atoms with Gasteiger partial charge < -0.3 is 39.0 Å². The van der Waals surface area contributed by atoms with Gasteiger partial charge in [-0.3, -0.25) is 14.4 Å². The molecule has 1 aromatic carbocycles. The van der Waals surface area contributed by atoms with Gasteiger partial charge in [-0.05, 0) is 79.5 Å². The van der Waals surface area contributed by atoms with Crippen LogP contribution in [0.1, 0.15) is 93.1 Å². The fraction of sp³-hybridized carbons (Fsp3) is 0.707. The average molecular weight is 743 g/mol. The van der Waals surface area contributed by atoms with Crippen molar-refractivity contribution in [3.8, 4) is 0 Å². The minimum atomic E-state index is -1.69. The Hall–Kier alpha value is -3.16. The van der Waals surface area contributed by atoms with Crippen molar-refractivity contribution in [1.29, 1.82) is 0 Å². The number of methoxy groups -OCH3 is 1. The second kappa shape index (κ2) is 17.1. The number of nitrogens with zero attached hydrogens (tertiary/aromatic N) is 1. The van der Waals surface area contributed by atoms with Gasteiger partial charge in [-0.1, -0.05) is 70.2 Å². The van der Waals surface area contributed by atoms with Crippen LogP contribution in [0.15, 0.2) is 36.4 Å². The van der Waals surface area contributed by atoms with Gasteiger partial charge in [-0.15, -0.1) is 0 Å². The quantitative estimate of drug-likeness (QED) is 0.249. The number of Topliss-reactive ketones (excluding diaryl/α,β-unsaturated/α-hetero) is 2. The van der Waals surface area contributed by atoms with E-state index in [1.807, 2.05) is 68.4 Å². The van der Waals surface area contributed by atoms with Crippen LogP contribution in [0.5, 0.6) is 0 Å². The number of carbonyl (C=O) groups is 4. The van der Waals surface area contributed by atoms with Crippen LogP contribution in [0, 0.1) is 23.2 Å². The monoisotopic (exact) mass is 742 g/mol. The molecule has 12 heteroatoms. The highest BCUT2D eigenvalue weighted by atomic mass is 16.7. The number of hydrogen-bond acceptors (Lipinski definition) is 11. The van der Waals surface area contributed by atoms with Crippen LogP contribution >= 0.6 is 0 Å². The van der Waals surface area contributed by atoms with Gasteiger partial charge >= 0.3 is 12.1 Å². The number of amides is 1. The molecule has 3 aliphatic heterocycles. The predicted octanol–water partition coefficient (Wildman–Crippen LogP) is 5.34. The highest BCUT2D eigenvalue weighted by molar-refractivity contribution is 6.04. The third-order valence-electron chi connectivity index (χ3n) is 12.0. The molecule has 0 saturated carbocycles. The Morgan fingerprint density at radius 1 is 1.02 bits per heavy atom. The topological polar surface area (TPSA) is 150 Å². The summed E-state index contributed by atoms with van der Waals surface area (Å²) in [5.74, 6) is -3.76. The van der Waals surface area contributed by atoms with Crippen LogP contribution < -0.4 is 5.32 Å². The van der Waals surface area contributed by atoms with Gasteiger partial charge in [-0.2, -0.15) is 0 Å². The van der Waals surface area contributed by atoms with Crippen molar-refractivity contribution in [2.24, 2.45) is 23.2 Å². The lowest BCUT2D eigenvalue weighted by molar-refractivity contribution is -0.295. The molecule has 53 heavy (non-hydrogen) atoms. The minimum absolute atomic E-state index is 0.108. The number of carbonyl (C=O) groups excluding carboxylic acids is 4. The number of aliphatic hydroxyl groups excluding tert-OH is 1. The highest BCUT2D eigenvalue weighted by Crippen LogP contribution is 2.43. The van der Waals surface area contributed by atoms with Gasteiger partial charge in [0.15, 0.2) is 17.7 Å². The Bertz CT molecular complexity index is 1490. The number of cyclic esters (lactones) is 1. The summed E-state index contributed by atoms with van der Waals surface area (Å²) in [6.07, 6.45) is 0.0650. The maximum atomic E-state index is 15.1. The summed E-state index contributed by atoms with van der Waals surface area (Å²) < 4.78 is 31.2. The molecule has 4 unspecified atom stereocenters. The van der Waals surface area contributed by atoms with Gasteiger partial charge in [-0.25, -0.2) is 4.79 Å². The van der Waals surface area contributed by atoms with E-state index in [0.29, 0.717) is 12.8 Å². The first-order chi connectivity index (χ1) is 24.8. The molecule has 1 amide bonds. The summed E-state index contributed by atoms with van der Waals surface area (Å²) in [6.45, 7) is 14.0. The number of ether oxygens (including phenoxy) is 5. The van der Waals surface area contributed by atoms with Crippen molar-refractivity contribution >= 4 is 29.7 Å². The van der Waals surface area contributed by atoms with E-state index in [9.17, 15) is 19.5 Å². The molecule has 13 atom stereocenters. The predicted molar refractivity (Wildman–Crippen MR) is 200 cm³/mol. The molecule has 2 N–H and O–H groups in total. The van der Waals surface area contributed by atoms with E-state index < -0.39 is 82.9 Å². The smallest absolute Gasteiger partial charge is 0.408 e. The molecule has 4 rings (SSSR count). The molecule has 3 heterocycles. The highest BCUT2D eigenvalue weighted by Gasteiger charge is 2.59. The number of esters is 1. The zero-order valence-corrected chi connectivity index (χ0v) is 33.4. The standard InChI is InChI=1S/C41H62N2O10/c1-12-30-41(8)33(42-38(48)53-41)26(4)31(44)24(2)23-40(7,49-11)35(52-36-32(45)29(43(9)10)22-25(3)50-36)27(5)34(46)39(6,37(47)51-30)21-17-16-20-28-18-14-13-15-19-28/h13-16,18-20,24-27,29-30,32-33,35-36,45H,12,17,21-23H2,1-11H3,(H,42,48)/b20-16+/t24-,25-,26+,27+,29+,30-,32-,33?,35-,36?,39?,40+,41?/m1/s1. The lowest BCUT2D eigenvalue weighted by Gasteiger charge is -2.47. The lowest BCUT2D eigenvalue weighted by Crippen LogP contribution is -2.61. The first kappa shape index (κ1) is 42.6. The zero-order valence-electron chi connectivity index (χ0n) is 33.4. The number of benzene rings is 1. The van der Waals surface area contributed by atoms with Crippen LogP contribution in [0.3, 0.4) is 0 Å². The first-order valence-corrected chi connectivity index (χ1v) is 19.0. The van der Waals surface area contributed by atoms with Crippen molar-refractivity contribution in [1.82, 2.24) is 10.2 Å². The number of ketones is 2. The SMILES string of the molecule is CC[C@H]1OC(=O)C(C)(CC/C=C/c2ccccc2)C(=O)[C@H](C)[C@@H](OC2O[C@H](C)C[C@H](N(C)C)[C@H]2O)[C@@](C)(OC)C[C@@H](C)C(=O)[C@H](C)C2NC(=O)OC21C.